The fourth-order valence-corrected chi connectivity index (χ4v) is 2.02. The van der Waals surface area contributed by atoms with Gasteiger partial charge in [0.1, 0.15) is 17.1 Å². The summed E-state index contributed by atoms with van der Waals surface area (Å²) < 4.78 is 10.4. The van der Waals surface area contributed by atoms with Gasteiger partial charge in [0.25, 0.3) is 5.91 Å². The molecule has 0 bridgehead atoms. The van der Waals surface area contributed by atoms with E-state index in [4.69, 9.17) is 14.6 Å². The first kappa shape index (κ1) is 14.9. The Morgan fingerprint density at radius 2 is 1.71 bits per heavy atom. The molecular formula is C16H17NO4. The highest BCUT2D eigenvalue weighted by Gasteiger charge is 2.18. The second-order valence-electron chi connectivity index (χ2n) is 4.35. The van der Waals surface area contributed by atoms with Gasteiger partial charge in [-0.25, -0.2) is 0 Å². The zero-order chi connectivity index (χ0) is 15.2. The molecule has 0 aliphatic heterocycles. The van der Waals surface area contributed by atoms with E-state index >= 15 is 0 Å². The number of carbonyl (C=O) groups is 1. The third-order valence-electron chi connectivity index (χ3n) is 3.02. The van der Waals surface area contributed by atoms with Crippen LogP contribution in [0.2, 0.25) is 0 Å². The van der Waals surface area contributed by atoms with Gasteiger partial charge in [-0.3, -0.25) is 4.79 Å². The van der Waals surface area contributed by atoms with E-state index in [2.05, 4.69) is 5.32 Å². The summed E-state index contributed by atoms with van der Waals surface area (Å²) in [5, 5.41) is 11.9. The van der Waals surface area contributed by atoms with Crippen LogP contribution in [0.5, 0.6) is 11.5 Å². The van der Waals surface area contributed by atoms with Gasteiger partial charge in [-0.1, -0.05) is 18.2 Å². The molecule has 5 heteroatoms. The molecule has 0 atom stereocenters. The Labute approximate surface area is 123 Å². The number of ether oxygens (including phenoxy) is 2. The molecule has 0 radical (unpaired) electrons. The molecule has 5 nitrogen and oxygen atoms in total. The Morgan fingerprint density at radius 1 is 1.10 bits per heavy atom. The van der Waals surface area contributed by atoms with E-state index in [9.17, 15) is 4.79 Å². The van der Waals surface area contributed by atoms with Crippen molar-refractivity contribution in [2.45, 2.75) is 6.61 Å². The van der Waals surface area contributed by atoms with Crippen LogP contribution in [0.1, 0.15) is 15.9 Å². The minimum Gasteiger partial charge on any atom is -0.496 e. The normalized spacial score (nSPS) is 10.0. The summed E-state index contributed by atoms with van der Waals surface area (Å²) in [6, 6.07) is 12.1. The van der Waals surface area contributed by atoms with Crippen molar-refractivity contribution in [3.05, 3.63) is 53.6 Å². The lowest BCUT2D eigenvalue weighted by Crippen LogP contribution is -2.14. The maximum Gasteiger partial charge on any atom is 0.263 e. The van der Waals surface area contributed by atoms with Crippen LogP contribution in [-0.2, 0) is 6.61 Å². The van der Waals surface area contributed by atoms with Crippen molar-refractivity contribution in [3.63, 3.8) is 0 Å². The van der Waals surface area contributed by atoms with E-state index in [1.165, 1.54) is 14.2 Å². The second-order valence-corrected chi connectivity index (χ2v) is 4.35. The standard InChI is InChI=1S/C16H17NO4/c1-20-13-7-4-8-14(21-2)15(13)16(19)17-12-6-3-5-11(9-12)10-18/h3-9,18H,10H2,1-2H3,(H,17,19). The Morgan fingerprint density at radius 3 is 2.29 bits per heavy atom. The van der Waals surface area contributed by atoms with E-state index in [0.29, 0.717) is 22.7 Å². The molecule has 0 saturated carbocycles. The average molecular weight is 287 g/mol. The molecule has 2 rings (SSSR count). The summed E-state index contributed by atoms with van der Waals surface area (Å²) in [5.41, 5.74) is 1.65. The molecule has 0 spiro atoms. The van der Waals surface area contributed by atoms with E-state index in [-0.39, 0.29) is 12.5 Å². The number of carbonyl (C=O) groups excluding carboxylic acids is 1. The summed E-state index contributed by atoms with van der Waals surface area (Å²) in [6.07, 6.45) is 0. The Bertz CT molecular complexity index is 618. The zero-order valence-corrected chi connectivity index (χ0v) is 11.9. The van der Waals surface area contributed by atoms with E-state index < -0.39 is 0 Å². The van der Waals surface area contributed by atoms with Crippen LogP contribution in [0, 0.1) is 0 Å². The number of methoxy groups -OCH3 is 2. The van der Waals surface area contributed by atoms with E-state index in [0.717, 1.165) is 5.56 Å². The van der Waals surface area contributed by atoms with Gasteiger partial charge in [0.05, 0.1) is 20.8 Å². The molecule has 0 saturated heterocycles. The molecule has 1 amide bonds. The van der Waals surface area contributed by atoms with Crippen LogP contribution in [0.3, 0.4) is 0 Å². The van der Waals surface area contributed by atoms with Crippen molar-refractivity contribution < 1.29 is 19.4 Å². The molecule has 21 heavy (non-hydrogen) atoms. The number of nitrogens with one attached hydrogen (secondary N) is 1. The van der Waals surface area contributed by atoms with Crippen molar-refractivity contribution in [1.82, 2.24) is 0 Å². The minimum absolute atomic E-state index is 0.0817. The second kappa shape index (κ2) is 6.76. The topological polar surface area (TPSA) is 67.8 Å². The molecule has 2 aromatic carbocycles. The van der Waals surface area contributed by atoms with Gasteiger partial charge in [-0.15, -0.1) is 0 Å². The lowest BCUT2D eigenvalue weighted by Gasteiger charge is -2.13. The average Bonchev–Trinajstić information content (AvgIpc) is 2.53. The smallest absolute Gasteiger partial charge is 0.263 e. The first-order valence-electron chi connectivity index (χ1n) is 6.41. The SMILES string of the molecule is COc1cccc(OC)c1C(=O)Nc1cccc(CO)c1. The lowest BCUT2D eigenvalue weighted by atomic mass is 10.1. The molecule has 0 aromatic heterocycles. The number of anilines is 1. The first-order valence-corrected chi connectivity index (χ1v) is 6.41. The predicted octanol–water partition coefficient (Wildman–Crippen LogP) is 2.45. The maximum atomic E-state index is 12.4. The van der Waals surface area contributed by atoms with Gasteiger partial charge in [-0.2, -0.15) is 0 Å². The summed E-state index contributed by atoms with van der Waals surface area (Å²) in [6.45, 7) is -0.0817. The third kappa shape index (κ3) is 3.32. The third-order valence-corrected chi connectivity index (χ3v) is 3.02. The molecule has 0 aliphatic carbocycles. The number of rotatable bonds is 5. The molecule has 2 N–H and O–H groups in total. The molecule has 0 fully saturated rings. The maximum absolute atomic E-state index is 12.4. The number of aliphatic hydroxyl groups excluding tert-OH is 1. The molecule has 0 aliphatic rings. The fourth-order valence-electron chi connectivity index (χ4n) is 2.02. The zero-order valence-electron chi connectivity index (χ0n) is 11.9. The Kier molecular flexibility index (Phi) is 4.79. The van der Waals surface area contributed by atoms with Gasteiger partial charge in [0, 0.05) is 5.69 Å². The highest BCUT2D eigenvalue weighted by atomic mass is 16.5. The molecule has 0 heterocycles. The van der Waals surface area contributed by atoms with Crippen LogP contribution in [0.25, 0.3) is 0 Å². The van der Waals surface area contributed by atoms with E-state index in [1.54, 1.807) is 42.5 Å². The van der Waals surface area contributed by atoms with Crippen LogP contribution in [-0.4, -0.2) is 25.2 Å². The molecule has 110 valence electrons. The van der Waals surface area contributed by atoms with Crippen LogP contribution >= 0.6 is 0 Å². The quantitative estimate of drug-likeness (QED) is 0.886. The highest BCUT2D eigenvalue weighted by Crippen LogP contribution is 2.29. The monoisotopic (exact) mass is 287 g/mol. The van der Waals surface area contributed by atoms with Gasteiger partial charge in [0.2, 0.25) is 0 Å². The number of hydrogen-bond donors (Lipinski definition) is 2. The number of amides is 1. The van der Waals surface area contributed by atoms with Crippen molar-refractivity contribution in [2.24, 2.45) is 0 Å². The van der Waals surface area contributed by atoms with Crippen molar-refractivity contribution >= 4 is 11.6 Å². The molecular weight excluding hydrogens is 270 g/mol. The van der Waals surface area contributed by atoms with Crippen LogP contribution in [0.4, 0.5) is 5.69 Å². The van der Waals surface area contributed by atoms with E-state index in [1.807, 2.05) is 0 Å². The van der Waals surface area contributed by atoms with Gasteiger partial charge in [-0.05, 0) is 29.8 Å². The van der Waals surface area contributed by atoms with Crippen molar-refractivity contribution in [3.8, 4) is 11.5 Å². The Balaban J connectivity index is 2.31. The highest BCUT2D eigenvalue weighted by molar-refractivity contribution is 6.08. The summed E-state index contributed by atoms with van der Waals surface area (Å²) in [4.78, 5) is 12.4. The van der Waals surface area contributed by atoms with Crippen molar-refractivity contribution in [2.75, 3.05) is 19.5 Å². The van der Waals surface area contributed by atoms with Gasteiger partial charge in [0.15, 0.2) is 0 Å². The fraction of sp³-hybridized carbons (Fsp3) is 0.188. The summed E-state index contributed by atoms with van der Waals surface area (Å²) in [7, 11) is 3.00. The molecule has 0 unspecified atom stereocenters. The van der Waals surface area contributed by atoms with Gasteiger partial charge < -0.3 is 19.9 Å². The lowest BCUT2D eigenvalue weighted by molar-refractivity contribution is 0.102. The van der Waals surface area contributed by atoms with Crippen LogP contribution < -0.4 is 14.8 Å². The first-order chi connectivity index (χ1) is 10.2. The van der Waals surface area contributed by atoms with Crippen molar-refractivity contribution in [1.29, 1.82) is 0 Å². The van der Waals surface area contributed by atoms with Crippen LogP contribution in [0.15, 0.2) is 42.5 Å². The predicted molar refractivity (Wildman–Crippen MR) is 79.9 cm³/mol. The van der Waals surface area contributed by atoms with Gasteiger partial charge >= 0.3 is 0 Å². The Hall–Kier alpha value is -2.53. The number of benzene rings is 2. The number of hydrogen-bond acceptors (Lipinski definition) is 4. The minimum atomic E-state index is -0.334. The number of aliphatic hydroxyl groups is 1. The summed E-state index contributed by atoms with van der Waals surface area (Å²) >= 11 is 0. The summed E-state index contributed by atoms with van der Waals surface area (Å²) in [5.74, 6) is 0.537. The largest absolute Gasteiger partial charge is 0.496 e. The molecule has 2 aromatic rings.